The molecule has 1 fully saturated rings. The van der Waals surface area contributed by atoms with Crippen LogP contribution in [0.1, 0.15) is 48.0 Å². The van der Waals surface area contributed by atoms with Gasteiger partial charge in [-0.15, -0.1) is 19.7 Å². The number of hydrogen-bond acceptors (Lipinski definition) is 4. The Labute approximate surface area is 164 Å². The zero-order valence-electron chi connectivity index (χ0n) is 15.4. The van der Waals surface area contributed by atoms with Gasteiger partial charge in [0.2, 0.25) is 0 Å². The molecule has 0 bridgehead atoms. The van der Waals surface area contributed by atoms with Crippen molar-refractivity contribution in [3.8, 4) is 0 Å². The fourth-order valence-electron chi connectivity index (χ4n) is 2.96. The van der Waals surface area contributed by atoms with Crippen molar-refractivity contribution in [2.45, 2.75) is 36.9 Å². The van der Waals surface area contributed by atoms with Crippen LogP contribution >= 0.6 is 27.9 Å². The Balaban J connectivity index is 0.000000567. The van der Waals surface area contributed by atoms with Gasteiger partial charge in [0.1, 0.15) is 6.29 Å². The molecule has 0 radical (unpaired) electrons. The summed E-state index contributed by atoms with van der Waals surface area (Å²) in [5.74, 6) is 0.408. The van der Waals surface area contributed by atoms with Crippen molar-refractivity contribution >= 4 is 39.9 Å². The molecule has 0 saturated heterocycles. The third-order valence-corrected chi connectivity index (χ3v) is 6.10. The Morgan fingerprint density at radius 3 is 2.48 bits per heavy atom. The molecule has 1 heterocycles. The fourth-order valence-corrected chi connectivity index (χ4v) is 4.91. The van der Waals surface area contributed by atoms with Gasteiger partial charge in [-0.05, 0) is 48.9 Å². The molecule has 1 atom stereocenters. The molecule has 0 spiro atoms. The average molecular weight is 426 g/mol. The highest BCUT2D eigenvalue weighted by Crippen LogP contribution is 2.56. The summed E-state index contributed by atoms with van der Waals surface area (Å²) in [5, 5.41) is 0. The summed E-state index contributed by atoms with van der Waals surface area (Å²) in [6, 6.07) is 4.07. The van der Waals surface area contributed by atoms with Crippen LogP contribution in [-0.4, -0.2) is 31.8 Å². The average Bonchev–Trinajstić information content (AvgIpc) is 3.28. The molecule has 138 valence electrons. The number of halogens is 1. The second-order valence-electron chi connectivity index (χ2n) is 6.18. The molecule has 1 aromatic carbocycles. The second-order valence-corrected chi connectivity index (χ2v) is 8.59. The maximum Gasteiger partial charge on any atom is 0.150 e. The van der Waals surface area contributed by atoms with Gasteiger partial charge in [-0.25, -0.2) is 0 Å². The van der Waals surface area contributed by atoms with Crippen LogP contribution in [0.5, 0.6) is 0 Å². The molecule has 3 nitrogen and oxygen atoms in total. The van der Waals surface area contributed by atoms with Gasteiger partial charge < -0.3 is 9.04 Å². The molecule has 1 aliphatic carbocycles. The Morgan fingerprint density at radius 2 is 2.00 bits per heavy atom. The number of methoxy groups -OCH3 is 1. The summed E-state index contributed by atoms with van der Waals surface area (Å²) in [6.07, 6.45) is 6.59. The van der Waals surface area contributed by atoms with Crippen molar-refractivity contribution in [3.05, 3.63) is 53.5 Å². The third kappa shape index (κ3) is 5.47. The van der Waals surface area contributed by atoms with E-state index < -0.39 is 0 Å². The van der Waals surface area contributed by atoms with E-state index in [1.54, 1.807) is 14.2 Å². The van der Waals surface area contributed by atoms with Crippen LogP contribution in [0.25, 0.3) is 0 Å². The van der Waals surface area contributed by atoms with Gasteiger partial charge in [-0.1, -0.05) is 28.9 Å². The molecule has 1 aliphatic heterocycles. The van der Waals surface area contributed by atoms with Crippen LogP contribution in [0.3, 0.4) is 0 Å². The van der Waals surface area contributed by atoms with Gasteiger partial charge in [0, 0.05) is 41.5 Å². The highest BCUT2D eigenvalue weighted by atomic mass is 79.9. The molecule has 5 heteroatoms. The van der Waals surface area contributed by atoms with Crippen LogP contribution in [-0.2, 0) is 4.74 Å². The van der Waals surface area contributed by atoms with E-state index in [0.717, 1.165) is 29.3 Å². The summed E-state index contributed by atoms with van der Waals surface area (Å²) in [4.78, 5) is 11.3. The molecule has 0 amide bonds. The van der Waals surface area contributed by atoms with E-state index in [1.807, 2.05) is 24.1 Å². The zero-order valence-corrected chi connectivity index (χ0v) is 17.8. The minimum atomic E-state index is 0.354. The van der Waals surface area contributed by atoms with Crippen LogP contribution in [0.4, 0.5) is 5.69 Å². The van der Waals surface area contributed by atoms with Crippen molar-refractivity contribution in [1.82, 2.24) is 0 Å². The molecule has 25 heavy (non-hydrogen) atoms. The highest BCUT2D eigenvalue weighted by Gasteiger charge is 2.46. The van der Waals surface area contributed by atoms with Crippen LogP contribution in [0.15, 0.2) is 42.4 Å². The van der Waals surface area contributed by atoms with Crippen molar-refractivity contribution in [1.29, 1.82) is 0 Å². The molecule has 2 aliphatic rings. The van der Waals surface area contributed by atoms with E-state index >= 15 is 0 Å². The lowest BCUT2D eigenvalue weighted by molar-refractivity contribution is 0.112. The summed E-state index contributed by atoms with van der Waals surface area (Å²) < 4.78 is 7.97. The third-order valence-electron chi connectivity index (χ3n) is 4.11. The van der Waals surface area contributed by atoms with E-state index in [-0.39, 0.29) is 0 Å². The predicted octanol–water partition coefficient (Wildman–Crippen LogP) is 6.01. The Bertz CT molecular complexity index is 602. The first kappa shape index (κ1) is 22.0. The molecule has 3 rings (SSSR count). The van der Waals surface area contributed by atoms with Gasteiger partial charge >= 0.3 is 0 Å². The van der Waals surface area contributed by atoms with Gasteiger partial charge in [0.25, 0.3) is 0 Å². The van der Waals surface area contributed by atoms with E-state index in [0.29, 0.717) is 10.7 Å². The Kier molecular flexibility index (Phi) is 8.97. The number of hydrogen-bond donors (Lipinski definition) is 0. The lowest BCUT2D eigenvalue weighted by Gasteiger charge is -2.24. The molecule has 0 aromatic heterocycles. The van der Waals surface area contributed by atoms with Gasteiger partial charge in [0.15, 0.2) is 0 Å². The number of anilines is 1. The van der Waals surface area contributed by atoms with E-state index in [4.69, 9.17) is 0 Å². The maximum absolute atomic E-state index is 11.3. The molecule has 1 saturated carbocycles. The van der Waals surface area contributed by atoms with E-state index in [9.17, 15) is 4.79 Å². The van der Waals surface area contributed by atoms with Crippen LogP contribution in [0.2, 0.25) is 0 Å². The molecule has 0 N–H and O–H groups in total. The molecule has 1 aromatic rings. The maximum atomic E-state index is 11.3. The minimum absolute atomic E-state index is 0.354. The zero-order chi connectivity index (χ0) is 19.0. The molecular formula is C20H28BrNO2S. The standard InChI is InChI=1S/C16H18BrNOS.C2H6O.C2H4/c1-3-4-16(5-6-16)20-18-9-11(2)15-12(10-19)7-13(17)8-14(15)18;1-3-2;1-2/h3,7-8,10-11H,1,4-6,9H2,2H3;1-2H3;1-2H2. The number of allylic oxidation sites excluding steroid dienone is 1. The quantitative estimate of drug-likeness (QED) is 0.328. The first-order chi connectivity index (χ1) is 12.0. The number of carbonyl (C=O) groups is 1. The van der Waals surface area contributed by atoms with Crippen molar-refractivity contribution in [2.75, 3.05) is 25.1 Å². The number of rotatable bonds is 5. The van der Waals surface area contributed by atoms with Crippen molar-refractivity contribution in [2.24, 2.45) is 0 Å². The first-order valence-corrected chi connectivity index (χ1v) is 9.83. The highest BCUT2D eigenvalue weighted by molar-refractivity contribution is 9.10. The van der Waals surface area contributed by atoms with Gasteiger partial charge in [-0.2, -0.15) is 0 Å². The van der Waals surface area contributed by atoms with Crippen LogP contribution in [0, 0.1) is 0 Å². The lowest BCUT2D eigenvalue weighted by Crippen LogP contribution is -2.18. The number of fused-ring (bicyclic) bond motifs is 1. The predicted molar refractivity (Wildman–Crippen MR) is 114 cm³/mol. The number of ether oxygens (including phenoxy) is 1. The van der Waals surface area contributed by atoms with E-state index in [1.165, 1.54) is 24.1 Å². The number of nitrogens with zero attached hydrogens (tertiary/aromatic N) is 1. The minimum Gasteiger partial charge on any atom is -0.388 e. The van der Waals surface area contributed by atoms with Crippen molar-refractivity contribution in [3.63, 3.8) is 0 Å². The Morgan fingerprint density at radius 1 is 1.40 bits per heavy atom. The number of benzene rings is 1. The lowest BCUT2D eigenvalue weighted by atomic mass is 9.98. The van der Waals surface area contributed by atoms with Crippen molar-refractivity contribution < 1.29 is 9.53 Å². The normalized spacial score (nSPS) is 18.9. The summed E-state index contributed by atoms with van der Waals surface area (Å²) in [7, 11) is 3.25. The summed E-state index contributed by atoms with van der Waals surface area (Å²) in [6.45, 7) is 13.1. The largest absolute Gasteiger partial charge is 0.388 e. The monoisotopic (exact) mass is 425 g/mol. The smallest absolute Gasteiger partial charge is 0.150 e. The fraction of sp³-hybridized carbons (Fsp3) is 0.450. The summed E-state index contributed by atoms with van der Waals surface area (Å²) >= 11 is 5.46. The van der Waals surface area contributed by atoms with Gasteiger partial charge in [0.05, 0.1) is 5.69 Å². The topological polar surface area (TPSA) is 29.5 Å². The Hall–Kier alpha value is -1.04. The second kappa shape index (κ2) is 10.2. The van der Waals surface area contributed by atoms with E-state index in [2.05, 4.69) is 57.7 Å². The van der Waals surface area contributed by atoms with Gasteiger partial charge in [-0.3, -0.25) is 4.79 Å². The number of aldehydes is 1. The SMILES string of the molecule is C=C.C=CCC1(SN2CC(C)c3c(C=O)cc(Br)cc32)CC1.COC. The molecule has 1 unspecified atom stereocenters. The number of carbonyl (C=O) groups excluding carboxylic acids is 1. The first-order valence-electron chi connectivity index (χ1n) is 8.26. The van der Waals surface area contributed by atoms with Crippen LogP contribution < -0.4 is 4.31 Å². The summed E-state index contributed by atoms with van der Waals surface area (Å²) in [5.41, 5.74) is 3.22. The molecular weight excluding hydrogens is 398 g/mol.